The lowest BCUT2D eigenvalue weighted by molar-refractivity contribution is 0.261. The molecule has 1 rings (SSSR count). The summed E-state index contributed by atoms with van der Waals surface area (Å²) >= 11 is 1.95. The molecule has 1 aromatic heterocycles. The summed E-state index contributed by atoms with van der Waals surface area (Å²) in [4.78, 5) is 7.75. The van der Waals surface area contributed by atoms with Gasteiger partial charge < -0.3 is 10.2 Å². The molecule has 0 spiro atoms. The number of hydrogen-bond acceptors (Lipinski definition) is 4. The van der Waals surface area contributed by atoms with Gasteiger partial charge in [-0.25, -0.2) is 0 Å². The molecule has 0 unspecified atom stereocenters. The molecule has 1 heterocycles. The lowest BCUT2D eigenvalue weighted by atomic mass is 10.3. The molecule has 0 aliphatic carbocycles. The normalized spacial score (nSPS) is 11.7. The minimum atomic E-state index is 1.02. The predicted octanol–water partition coefficient (Wildman–Crippen LogP) is 3.02. The smallest absolute Gasteiger partial charge is 0.0327 e. The molecule has 20 heavy (non-hydrogen) atoms. The van der Waals surface area contributed by atoms with Crippen LogP contribution < -0.4 is 5.32 Å². The summed E-state index contributed by atoms with van der Waals surface area (Å²) in [5.41, 5.74) is 0. The van der Waals surface area contributed by atoms with E-state index in [4.69, 9.17) is 0 Å². The molecule has 0 saturated heterocycles. The maximum atomic E-state index is 3.47. The first-order valence-corrected chi connectivity index (χ1v) is 8.62. The van der Waals surface area contributed by atoms with Crippen molar-refractivity contribution < 1.29 is 0 Å². The minimum Gasteiger partial charge on any atom is -0.312 e. The van der Waals surface area contributed by atoms with Crippen LogP contribution in [0.1, 0.15) is 36.4 Å². The monoisotopic (exact) mass is 297 g/mol. The van der Waals surface area contributed by atoms with E-state index in [9.17, 15) is 0 Å². The summed E-state index contributed by atoms with van der Waals surface area (Å²) in [5, 5.41) is 3.47. The summed E-state index contributed by atoms with van der Waals surface area (Å²) in [7, 11) is 4.29. The Kier molecular flexibility index (Phi) is 9.10. The number of thiophene rings is 1. The molecular formula is C16H31N3S. The third-order valence-corrected chi connectivity index (χ3v) is 4.42. The fourth-order valence-corrected chi connectivity index (χ4v) is 3.20. The summed E-state index contributed by atoms with van der Waals surface area (Å²) in [6, 6.07) is 4.57. The molecule has 3 nitrogen and oxygen atoms in total. The van der Waals surface area contributed by atoms with Crippen LogP contribution in [0.25, 0.3) is 0 Å². The molecule has 0 atom stereocenters. The highest BCUT2D eigenvalue weighted by molar-refractivity contribution is 7.11. The maximum absolute atomic E-state index is 3.47. The second kappa shape index (κ2) is 10.3. The van der Waals surface area contributed by atoms with E-state index >= 15 is 0 Å². The first-order chi connectivity index (χ1) is 9.65. The second-order valence-corrected chi connectivity index (χ2v) is 6.82. The molecule has 0 aromatic carbocycles. The lowest BCUT2D eigenvalue weighted by Gasteiger charge is -2.20. The lowest BCUT2D eigenvalue weighted by Crippen LogP contribution is -2.26. The first-order valence-electron chi connectivity index (χ1n) is 7.81. The van der Waals surface area contributed by atoms with E-state index in [1.807, 2.05) is 11.3 Å². The number of hydrogen-bond donors (Lipinski definition) is 1. The van der Waals surface area contributed by atoms with Crippen molar-refractivity contribution in [1.82, 2.24) is 15.1 Å². The largest absolute Gasteiger partial charge is 0.312 e. The minimum absolute atomic E-state index is 1.02. The van der Waals surface area contributed by atoms with Gasteiger partial charge in [-0.2, -0.15) is 0 Å². The van der Waals surface area contributed by atoms with E-state index in [0.29, 0.717) is 0 Å². The molecule has 0 amide bonds. The van der Waals surface area contributed by atoms with Gasteiger partial charge in [-0.3, -0.25) is 4.90 Å². The van der Waals surface area contributed by atoms with Crippen molar-refractivity contribution in [2.75, 3.05) is 40.3 Å². The number of rotatable bonds is 11. The van der Waals surface area contributed by atoms with Crippen LogP contribution in [-0.4, -0.2) is 50.1 Å². The molecular weight excluding hydrogens is 266 g/mol. The Hall–Kier alpha value is -0.420. The summed E-state index contributed by atoms with van der Waals surface area (Å²) < 4.78 is 0. The van der Waals surface area contributed by atoms with Crippen LogP contribution in [0.4, 0.5) is 0 Å². The molecule has 0 aliphatic heterocycles. The van der Waals surface area contributed by atoms with E-state index in [1.54, 1.807) is 0 Å². The standard InChI is InChI=1S/C16H31N3S/c1-5-10-17-13-15-8-9-16(20-15)14-19(6-2)12-7-11-18(3)4/h8-9,17H,5-7,10-14H2,1-4H3. The van der Waals surface area contributed by atoms with Crippen molar-refractivity contribution in [2.24, 2.45) is 0 Å². The third kappa shape index (κ3) is 7.39. The van der Waals surface area contributed by atoms with Gasteiger partial charge >= 0.3 is 0 Å². The van der Waals surface area contributed by atoms with Gasteiger partial charge in [0.2, 0.25) is 0 Å². The second-order valence-electron chi connectivity index (χ2n) is 5.57. The number of nitrogens with zero attached hydrogens (tertiary/aromatic N) is 2. The van der Waals surface area contributed by atoms with Gasteiger partial charge in [0.05, 0.1) is 0 Å². The van der Waals surface area contributed by atoms with Gasteiger partial charge in [-0.05, 0) is 65.2 Å². The zero-order chi connectivity index (χ0) is 14.8. The third-order valence-electron chi connectivity index (χ3n) is 3.35. The van der Waals surface area contributed by atoms with Crippen molar-refractivity contribution in [2.45, 2.75) is 39.8 Å². The first kappa shape index (κ1) is 17.6. The zero-order valence-corrected chi connectivity index (χ0v) is 14.4. The molecule has 0 bridgehead atoms. The van der Waals surface area contributed by atoms with E-state index < -0.39 is 0 Å². The van der Waals surface area contributed by atoms with E-state index in [0.717, 1.165) is 26.2 Å². The molecule has 0 radical (unpaired) electrons. The van der Waals surface area contributed by atoms with Crippen molar-refractivity contribution in [3.63, 3.8) is 0 Å². The fourth-order valence-electron chi connectivity index (χ4n) is 2.17. The summed E-state index contributed by atoms with van der Waals surface area (Å²) in [6.07, 6.45) is 2.45. The highest BCUT2D eigenvalue weighted by Crippen LogP contribution is 2.18. The molecule has 0 fully saturated rings. The molecule has 1 aromatic rings. The van der Waals surface area contributed by atoms with Gasteiger partial charge in [-0.1, -0.05) is 13.8 Å². The van der Waals surface area contributed by atoms with Crippen molar-refractivity contribution in [3.05, 3.63) is 21.9 Å². The maximum Gasteiger partial charge on any atom is 0.0327 e. The van der Waals surface area contributed by atoms with Crippen LogP contribution in [0.3, 0.4) is 0 Å². The van der Waals surface area contributed by atoms with Crippen LogP contribution in [-0.2, 0) is 13.1 Å². The van der Waals surface area contributed by atoms with Gasteiger partial charge in [0.25, 0.3) is 0 Å². The summed E-state index contributed by atoms with van der Waals surface area (Å²) in [5.74, 6) is 0. The highest BCUT2D eigenvalue weighted by Gasteiger charge is 2.06. The Labute approximate surface area is 129 Å². The van der Waals surface area contributed by atoms with Gasteiger partial charge in [0.1, 0.15) is 0 Å². The van der Waals surface area contributed by atoms with Gasteiger partial charge in [0, 0.05) is 22.8 Å². The van der Waals surface area contributed by atoms with Crippen LogP contribution in [0.5, 0.6) is 0 Å². The highest BCUT2D eigenvalue weighted by atomic mass is 32.1. The molecule has 4 heteroatoms. The molecule has 1 N–H and O–H groups in total. The van der Waals surface area contributed by atoms with Crippen molar-refractivity contribution in [1.29, 1.82) is 0 Å². The zero-order valence-electron chi connectivity index (χ0n) is 13.6. The van der Waals surface area contributed by atoms with E-state index in [2.05, 4.69) is 55.2 Å². The molecule has 116 valence electrons. The molecule has 0 saturated carbocycles. The van der Waals surface area contributed by atoms with Gasteiger partial charge in [0.15, 0.2) is 0 Å². The van der Waals surface area contributed by atoms with Crippen LogP contribution in [0.2, 0.25) is 0 Å². The van der Waals surface area contributed by atoms with Crippen molar-refractivity contribution in [3.8, 4) is 0 Å². The Morgan fingerprint density at radius 3 is 2.50 bits per heavy atom. The average molecular weight is 298 g/mol. The predicted molar refractivity (Wildman–Crippen MR) is 90.4 cm³/mol. The Balaban J connectivity index is 2.33. The van der Waals surface area contributed by atoms with Gasteiger partial charge in [-0.15, -0.1) is 11.3 Å². The SMILES string of the molecule is CCCNCc1ccc(CN(CC)CCCN(C)C)s1. The average Bonchev–Trinajstić information content (AvgIpc) is 2.85. The molecule has 0 aliphatic rings. The topological polar surface area (TPSA) is 18.5 Å². The number of nitrogens with one attached hydrogen (secondary N) is 1. The van der Waals surface area contributed by atoms with Crippen molar-refractivity contribution >= 4 is 11.3 Å². The van der Waals surface area contributed by atoms with Crippen LogP contribution >= 0.6 is 11.3 Å². The van der Waals surface area contributed by atoms with E-state index in [1.165, 1.54) is 35.7 Å². The fraction of sp³-hybridized carbons (Fsp3) is 0.750. The Morgan fingerprint density at radius 2 is 1.85 bits per heavy atom. The summed E-state index contributed by atoms with van der Waals surface area (Å²) in [6.45, 7) is 11.2. The van der Waals surface area contributed by atoms with Crippen LogP contribution in [0, 0.1) is 0 Å². The van der Waals surface area contributed by atoms with E-state index in [-0.39, 0.29) is 0 Å². The van der Waals surface area contributed by atoms with Crippen LogP contribution in [0.15, 0.2) is 12.1 Å². The Bertz CT molecular complexity index is 349. The quantitative estimate of drug-likeness (QED) is 0.633. The Morgan fingerprint density at radius 1 is 1.10 bits per heavy atom.